The summed E-state index contributed by atoms with van der Waals surface area (Å²) in [6, 6.07) is 2.75. The first kappa shape index (κ1) is 12.9. The molecule has 0 aliphatic carbocycles. The molecule has 1 heterocycles. The molecule has 1 atom stereocenters. The summed E-state index contributed by atoms with van der Waals surface area (Å²) in [5.74, 6) is -0.322. The zero-order valence-corrected chi connectivity index (χ0v) is 10.2. The number of halogens is 1. The normalized spacial score (nSPS) is 12.1. The second-order valence-corrected chi connectivity index (χ2v) is 4.79. The van der Waals surface area contributed by atoms with Crippen LogP contribution in [0.4, 0.5) is 5.00 Å². The molecule has 88 valence electrons. The summed E-state index contributed by atoms with van der Waals surface area (Å²) in [5, 5.41) is 12.9. The van der Waals surface area contributed by atoms with Gasteiger partial charge in [-0.05, 0) is 12.5 Å². The smallest absolute Gasteiger partial charge is 0.324 e. The lowest BCUT2D eigenvalue weighted by atomic mass is 10.3. The first-order chi connectivity index (χ1) is 7.54. The fourth-order valence-corrected chi connectivity index (χ4v) is 1.80. The summed E-state index contributed by atoms with van der Waals surface area (Å²) >= 11 is 6.69. The van der Waals surface area contributed by atoms with Crippen LogP contribution in [0.5, 0.6) is 0 Å². The van der Waals surface area contributed by atoms with Gasteiger partial charge in [0.15, 0.2) is 0 Å². The van der Waals surface area contributed by atoms with E-state index in [1.807, 2.05) is 6.92 Å². The summed E-state index contributed by atoms with van der Waals surface area (Å²) < 4.78 is 0. The van der Waals surface area contributed by atoms with Gasteiger partial charge in [0.25, 0.3) is 5.91 Å². The molecule has 1 N–H and O–H groups in total. The summed E-state index contributed by atoms with van der Waals surface area (Å²) in [7, 11) is 0. The van der Waals surface area contributed by atoms with Gasteiger partial charge in [0.05, 0.1) is 15.2 Å². The maximum Gasteiger partial charge on any atom is 0.324 e. The highest BCUT2D eigenvalue weighted by Crippen LogP contribution is 2.23. The lowest BCUT2D eigenvalue weighted by Crippen LogP contribution is -2.28. The molecule has 0 spiro atoms. The zero-order chi connectivity index (χ0) is 12.1. The third-order valence-corrected chi connectivity index (χ3v) is 3.42. The van der Waals surface area contributed by atoms with Crippen LogP contribution in [0.15, 0.2) is 12.1 Å². The molecule has 0 saturated carbocycles. The van der Waals surface area contributed by atoms with E-state index in [0.717, 1.165) is 17.8 Å². The van der Waals surface area contributed by atoms with E-state index < -0.39 is 4.92 Å². The van der Waals surface area contributed by atoms with Crippen molar-refractivity contribution in [3.05, 3.63) is 27.1 Å². The second kappa shape index (κ2) is 5.81. The number of rotatable bonds is 5. The first-order valence-corrected chi connectivity index (χ1v) is 5.96. The second-order valence-electron chi connectivity index (χ2n) is 3.11. The predicted molar refractivity (Wildman–Crippen MR) is 63.2 cm³/mol. The van der Waals surface area contributed by atoms with Gasteiger partial charge in [-0.25, -0.2) is 0 Å². The van der Waals surface area contributed by atoms with Crippen molar-refractivity contribution < 1.29 is 9.72 Å². The van der Waals surface area contributed by atoms with Gasteiger partial charge >= 0.3 is 5.00 Å². The minimum Gasteiger partial charge on any atom is -0.350 e. The van der Waals surface area contributed by atoms with Crippen LogP contribution in [0, 0.1) is 10.1 Å². The minimum absolute atomic E-state index is 0.0388. The molecule has 0 bridgehead atoms. The van der Waals surface area contributed by atoms with Crippen LogP contribution >= 0.6 is 22.9 Å². The molecular formula is C9H11ClN2O3S. The average molecular weight is 263 g/mol. The number of alkyl halides is 1. The summed E-state index contributed by atoms with van der Waals surface area (Å²) in [6.07, 6.45) is 0.756. The number of amides is 1. The van der Waals surface area contributed by atoms with Crippen molar-refractivity contribution in [1.82, 2.24) is 5.32 Å². The zero-order valence-electron chi connectivity index (χ0n) is 8.60. The van der Waals surface area contributed by atoms with Crippen molar-refractivity contribution in [3.8, 4) is 0 Å². The Morgan fingerprint density at radius 1 is 1.69 bits per heavy atom. The first-order valence-electron chi connectivity index (χ1n) is 4.71. The third-order valence-electron chi connectivity index (χ3n) is 1.92. The Morgan fingerprint density at radius 2 is 2.38 bits per heavy atom. The van der Waals surface area contributed by atoms with E-state index in [4.69, 9.17) is 11.6 Å². The van der Waals surface area contributed by atoms with Crippen molar-refractivity contribution in [2.45, 2.75) is 18.7 Å². The average Bonchev–Trinajstić information content (AvgIpc) is 2.74. The van der Waals surface area contributed by atoms with E-state index >= 15 is 0 Å². The van der Waals surface area contributed by atoms with Crippen molar-refractivity contribution in [3.63, 3.8) is 0 Å². The number of hydrogen-bond donors (Lipinski definition) is 1. The van der Waals surface area contributed by atoms with Gasteiger partial charge in [0, 0.05) is 12.6 Å². The van der Waals surface area contributed by atoms with Crippen LogP contribution in [0.1, 0.15) is 23.0 Å². The van der Waals surface area contributed by atoms with Crippen molar-refractivity contribution >= 4 is 33.8 Å². The van der Waals surface area contributed by atoms with Crippen molar-refractivity contribution in [1.29, 1.82) is 0 Å². The number of nitrogens with zero attached hydrogens (tertiary/aromatic N) is 1. The lowest BCUT2D eigenvalue weighted by Gasteiger charge is -2.06. The van der Waals surface area contributed by atoms with Gasteiger partial charge in [-0.1, -0.05) is 18.3 Å². The Balaban J connectivity index is 2.56. The molecule has 0 aliphatic heterocycles. The fourth-order valence-electron chi connectivity index (χ4n) is 0.983. The number of nitro groups is 1. The highest BCUT2D eigenvalue weighted by Gasteiger charge is 2.15. The highest BCUT2D eigenvalue weighted by atomic mass is 35.5. The van der Waals surface area contributed by atoms with E-state index in [9.17, 15) is 14.9 Å². The van der Waals surface area contributed by atoms with Crippen LogP contribution in [0.3, 0.4) is 0 Å². The monoisotopic (exact) mass is 262 g/mol. The molecular weight excluding hydrogens is 252 g/mol. The maximum absolute atomic E-state index is 11.5. The molecule has 7 heteroatoms. The van der Waals surface area contributed by atoms with Gasteiger partial charge in [-0.15, -0.1) is 11.6 Å². The predicted octanol–water partition coefficient (Wildman–Crippen LogP) is 2.40. The van der Waals surface area contributed by atoms with Crippen molar-refractivity contribution in [2.24, 2.45) is 0 Å². The largest absolute Gasteiger partial charge is 0.350 e. The van der Waals surface area contributed by atoms with Gasteiger partial charge in [-0.3, -0.25) is 14.9 Å². The molecule has 5 nitrogen and oxygen atoms in total. The SMILES string of the molecule is CCC(Cl)CNC(=O)c1ccc([N+](=O)[O-])s1. The van der Waals surface area contributed by atoms with E-state index in [-0.39, 0.29) is 16.3 Å². The van der Waals surface area contributed by atoms with E-state index in [1.165, 1.54) is 12.1 Å². The maximum atomic E-state index is 11.5. The summed E-state index contributed by atoms with van der Waals surface area (Å²) in [6.45, 7) is 2.28. The standard InChI is InChI=1S/C9H11ClN2O3S/c1-2-6(10)5-11-9(13)7-3-4-8(16-7)12(14)15/h3-4,6H,2,5H2,1H3,(H,11,13). The summed E-state index contributed by atoms with van der Waals surface area (Å²) in [4.78, 5) is 21.7. The number of carbonyl (C=O) groups excluding carboxylic acids is 1. The molecule has 1 aromatic heterocycles. The minimum atomic E-state index is -0.516. The molecule has 1 rings (SSSR count). The molecule has 1 aromatic rings. The Morgan fingerprint density at radius 3 is 2.88 bits per heavy atom. The van der Waals surface area contributed by atoms with Crippen molar-refractivity contribution in [2.75, 3.05) is 6.54 Å². The molecule has 16 heavy (non-hydrogen) atoms. The third kappa shape index (κ3) is 3.46. The van der Waals surface area contributed by atoms with Gasteiger partial charge in [-0.2, -0.15) is 0 Å². The molecule has 1 unspecified atom stereocenters. The Hall–Kier alpha value is -1.14. The summed E-state index contributed by atoms with van der Waals surface area (Å²) in [5.41, 5.74) is 0. The number of thiophene rings is 1. The Labute approximate surface area is 102 Å². The number of nitrogens with one attached hydrogen (secondary N) is 1. The van der Waals surface area contributed by atoms with Crippen LogP contribution in [0.2, 0.25) is 0 Å². The van der Waals surface area contributed by atoms with Gasteiger partial charge in [0.1, 0.15) is 0 Å². The number of carbonyl (C=O) groups is 1. The molecule has 0 aliphatic rings. The quantitative estimate of drug-likeness (QED) is 0.503. The van der Waals surface area contributed by atoms with Gasteiger partial charge < -0.3 is 5.32 Å². The Bertz CT molecular complexity index is 394. The van der Waals surface area contributed by atoms with Gasteiger partial charge in [0.2, 0.25) is 0 Å². The van der Waals surface area contributed by atoms with E-state index in [2.05, 4.69) is 5.32 Å². The molecule has 1 amide bonds. The topological polar surface area (TPSA) is 72.2 Å². The van der Waals surface area contributed by atoms with Crippen LogP contribution in [0.25, 0.3) is 0 Å². The lowest BCUT2D eigenvalue weighted by molar-refractivity contribution is -0.380. The molecule has 0 aromatic carbocycles. The van der Waals surface area contributed by atoms with Crippen LogP contribution in [-0.2, 0) is 0 Å². The van der Waals surface area contributed by atoms with E-state index in [1.54, 1.807) is 0 Å². The van der Waals surface area contributed by atoms with E-state index in [0.29, 0.717) is 11.4 Å². The van der Waals surface area contributed by atoms with Crippen LogP contribution in [-0.4, -0.2) is 22.8 Å². The Kier molecular flexibility index (Phi) is 4.70. The molecule has 0 saturated heterocycles. The fraction of sp³-hybridized carbons (Fsp3) is 0.444. The number of hydrogen-bond acceptors (Lipinski definition) is 4. The molecule has 0 radical (unpaired) electrons. The molecule has 0 fully saturated rings. The highest BCUT2D eigenvalue weighted by molar-refractivity contribution is 7.17. The van der Waals surface area contributed by atoms with Crippen LogP contribution < -0.4 is 5.32 Å².